The number of alkyl halides is 1. The molecule has 0 saturated heterocycles. The summed E-state index contributed by atoms with van der Waals surface area (Å²) in [5, 5.41) is 8.83. The quantitative estimate of drug-likeness (QED) is 0.594. The molecule has 2 nitrogen and oxygen atoms in total. The second kappa shape index (κ2) is 3.70. The van der Waals surface area contributed by atoms with E-state index in [9.17, 15) is 13.6 Å². The standard InChI is InChI=1S/C8H5ClF2O2/c9-3-6(13)7-4(10)1-2-5(12)8(7)11/h1-2,12H,3H2. The number of halogens is 3. The van der Waals surface area contributed by atoms with Gasteiger partial charge in [-0.2, -0.15) is 0 Å². The third-order valence-corrected chi connectivity index (χ3v) is 1.71. The molecule has 0 bridgehead atoms. The first kappa shape index (κ1) is 9.92. The highest BCUT2D eigenvalue weighted by Crippen LogP contribution is 2.22. The molecule has 1 N–H and O–H groups in total. The monoisotopic (exact) mass is 206 g/mol. The Labute approximate surface area is 77.8 Å². The van der Waals surface area contributed by atoms with E-state index < -0.39 is 34.6 Å². The molecule has 5 heteroatoms. The summed E-state index contributed by atoms with van der Waals surface area (Å²) in [6, 6.07) is 1.63. The molecule has 0 spiro atoms. The van der Waals surface area contributed by atoms with Gasteiger partial charge in [0.05, 0.1) is 11.4 Å². The Morgan fingerprint density at radius 3 is 2.62 bits per heavy atom. The first-order chi connectivity index (χ1) is 6.07. The minimum absolute atomic E-state index is 0.530. The number of aromatic hydroxyl groups is 1. The first-order valence-corrected chi connectivity index (χ1v) is 3.87. The van der Waals surface area contributed by atoms with Gasteiger partial charge in [0.2, 0.25) is 0 Å². The van der Waals surface area contributed by atoms with Gasteiger partial charge in [0.15, 0.2) is 17.3 Å². The highest BCUT2D eigenvalue weighted by molar-refractivity contribution is 6.30. The molecule has 0 aliphatic heterocycles. The van der Waals surface area contributed by atoms with Crippen molar-refractivity contribution in [1.29, 1.82) is 0 Å². The van der Waals surface area contributed by atoms with Gasteiger partial charge in [0.1, 0.15) is 5.82 Å². The maximum atomic E-state index is 12.9. The second-order valence-electron chi connectivity index (χ2n) is 2.31. The van der Waals surface area contributed by atoms with Crippen molar-refractivity contribution in [3.05, 3.63) is 29.3 Å². The normalized spacial score (nSPS) is 10.1. The fourth-order valence-electron chi connectivity index (χ4n) is 0.864. The summed E-state index contributed by atoms with van der Waals surface area (Å²) in [5.41, 5.74) is -0.796. The molecule has 0 saturated carbocycles. The lowest BCUT2D eigenvalue weighted by Gasteiger charge is -2.02. The summed E-state index contributed by atoms with van der Waals surface area (Å²) in [7, 11) is 0. The highest BCUT2D eigenvalue weighted by Gasteiger charge is 2.19. The second-order valence-corrected chi connectivity index (χ2v) is 2.58. The molecule has 0 aromatic heterocycles. The number of hydrogen-bond donors (Lipinski definition) is 1. The predicted molar refractivity (Wildman–Crippen MR) is 43.1 cm³/mol. The van der Waals surface area contributed by atoms with Crippen LogP contribution in [0.4, 0.5) is 8.78 Å². The van der Waals surface area contributed by atoms with Gasteiger partial charge >= 0.3 is 0 Å². The fourth-order valence-corrected chi connectivity index (χ4v) is 0.998. The smallest absolute Gasteiger partial charge is 0.183 e. The lowest BCUT2D eigenvalue weighted by molar-refractivity contribution is 0.101. The SMILES string of the molecule is O=C(CCl)c1c(F)ccc(O)c1F. The number of hydrogen-bond acceptors (Lipinski definition) is 2. The summed E-state index contributed by atoms with van der Waals surface area (Å²) in [6.45, 7) is 0. The lowest BCUT2D eigenvalue weighted by atomic mass is 10.1. The molecule has 1 rings (SSSR count). The summed E-state index contributed by atoms with van der Waals surface area (Å²) in [5.74, 6) is -4.49. The van der Waals surface area contributed by atoms with E-state index >= 15 is 0 Å². The van der Waals surface area contributed by atoms with Gasteiger partial charge in [-0.1, -0.05) is 0 Å². The van der Waals surface area contributed by atoms with Crippen molar-refractivity contribution in [2.45, 2.75) is 0 Å². The van der Waals surface area contributed by atoms with Crippen molar-refractivity contribution in [3.8, 4) is 5.75 Å². The number of carbonyl (C=O) groups excluding carboxylic acids is 1. The van der Waals surface area contributed by atoms with E-state index in [2.05, 4.69) is 0 Å². The Morgan fingerprint density at radius 1 is 1.46 bits per heavy atom. The third-order valence-electron chi connectivity index (χ3n) is 1.47. The van der Waals surface area contributed by atoms with Crippen LogP contribution in [0, 0.1) is 11.6 Å². The molecule has 0 radical (unpaired) electrons. The van der Waals surface area contributed by atoms with E-state index in [0.29, 0.717) is 0 Å². The zero-order valence-corrected chi connectivity index (χ0v) is 7.11. The van der Waals surface area contributed by atoms with Crippen molar-refractivity contribution in [2.75, 3.05) is 5.88 Å². The molecule has 13 heavy (non-hydrogen) atoms. The van der Waals surface area contributed by atoms with Crippen molar-refractivity contribution in [3.63, 3.8) is 0 Å². The third kappa shape index (κ3) is 1.78. The molecule has 0 amide bonds. The maximum Gasteiger partial charge on any atom is 0.183 e. The summed E-state index contributed by atoms with van der Waals surface area (Å²) in [6.07, 6.45) is 0. The zero-order chi connectivity index (χ0) is 10.0. The van der Waals surface area contributed by atoms with Crippen LogP contribution in [0.15, 0.2) is 12.1 Å². The van der Waals surface area contributed by atoms with Crippen LogP contribution in [-0.4, -0.2) is 16.8 Å². The first-order valence-electron chi connectivity index (χ1n) is 3.34. The van der Waals surface area contributed by atoms with Crippen molar-refractivity contribution >= 4 is 17.4 Å². The minimum atomic E-state index is -1.27. The largest absolute Gasteiger partial charge is 0.505 e. The number of carbonyl (C=O) groups is 1. The molecule has 0 unspecified atom stereocenters. The minimum Gasteiger partial charge on any atom is -0.505 e. The number of phenolic OH excluding ortho intramolecular Hbond substituents is 1. The topological polar surface area (TPSA) is 37.3 Å². The number of Topliss-reactive ketones (excluding diaryl/α,β-unsaturated/α-hetero) is 1. The molecule has 0 fully saturated rings. The molecular formula is C8H5ClF2O2. The Hall–Kier alpha value is -1.16. The summed E-state index contributed by atoms with van der Waals surface area (Å²) >= 11 is 5.12. The van der Waals surface area contributed by atoms with E-state index in [4.69, 9.17) is 16.7 Å². The van der Waals surface area contributed by atoms with Gasteiger partial charge in [0, 0.05) is 0 Å². The van der Waals surface area contributed by atoms with E-state index in [-0.39, 0.29) is 0 Å². The summed E-state index contributed by atoms with van der Waals surface area (Å²) in [4.78, 5) is 10.9. The van der Waals surface area contributed by atoms with Crippen LogP contribution < -0.4 is 0 Å². The molecule has 0 atom stereocenters. The van der Waals surface area contributed by atoms with Crippen molar-refractivity contribution in [1.82, 2.24) is 0 Å². The molecular weight excluding hydrogens is 202 g/mol. The zero-order valence-electron chi connectivity index (χ0n) is 6.35. The Bertz CT molecular complexity index is 352. The summed E-state index contributed by atoms with van der Waals surface area (Å²) < 4.78 is 25.8. The Balaban J connectivity index is 3.33. The lowest BCUT2D eigenvalue weighted by Crippen LogP contribution is -2.07. The van der Waals surface area contributed by atoms with E-state index in [1.54, 1.807) is 0 Å². The fraction of sp³-hybridized carbons (Fsp3) is 0.125. The Kier molecular flexibility index (Phi) is 2.83. The van der Waals surface area contributed by atoms with Crippen molar-refractivity contribution < 1.29 is 18.7 Å². The van der Waals surface area contributed by atoms with Gasteiger partial charge in [0.25, 0.3) is 0 Å². The average molecular weight is 207 g/mol. The van der Waals surface area contributed by atoms with Gasteiger partial charge in [-0.25, -0.2) is 8.78 Å². The van der Waals surface area contributed by atoms with Crippen molar-refractivity contribution in [2.24, 2.45) is 0 Å². The van der Waals surface area contributed by atoms with Gasteiger partial charge in [-0.05, 0) is 12.1 Å². The number of benzene rings is 1. The number of phenols is 1. The molecule has 0 aliphatic carbocycles. The number of ketones is 1. The van der Waals surface area contributed by atoms with Crippen LogP contribution >= 0.6 is 11.6 Å². The maximum absolute atomic E-state index is 12.9. The van der Waals surface area contributed by atoms with E-state index in [1.807, 2.05) is 0 Å². The van der Waals surface area contributed by atoms with Crippen LogP contribution in [0.2, 0.25) is 0 Å². The molecule has 70 valence electrons. The van der Waals surface area contributed by atoms with Crippen LogP contribution in [0.3, 0.4) is 0 Å². The average Bonchev–Trinajstić information content (AvgIpc) is 2.12. The van der Waals surface area contributed by atoms with Crippen LogP contribution in [-0.2, 0) is 0 Å². The Morgan fingerprint density at radius 2 is 2.08 bits per heavy atom. The van der Waals surface area contributed by atoms with E-state index in [0.717, 1.165) is 12.1 Å². The van der Waals surface area contributed by atoms with Gasteiger partial charge < -0.3 is 5.11 Å². The van der Waals surface area contributed by atoms with Gasteiger partial charge in [-0.3, -0.25) is 4.79 Å². The number of rotatable bonds is 2. The molecule has 1 aromatic carbocycles. The van der Waals surface area contributed by atoms with Crippen LogP contribution in [0.25, 0.3) is 0 Å². The van der Waals surface area contributed by atoms with E-state index in [1.165, 1.54) is 0 Å². The predicted octanol–water partition coefficient (Wildman–Crippen LogP) is 2.09. The molecule has 1 aromatic rings. The molecule has 0 heterocycles. The highest BCUT2D eigenvalue weighted by atomic mass is 35.5. The van der Waals surface area contributed by atoms with Crippen LogP contribution in [0.1, 0.15) is 10.4 Å². The molecule has 0 aliphatic rings. The van der Waals surface area contributed by atoms with Gasteiger partial charge in [-0.15, -0.1) is 11.6 Å². The van der Waals surface area contributed by atoms with Crippen LogP contribution in [0.5, 0.6) is 5.75 Å².